The molecule has 134 valence electrons. The minimum Gasteiger partial charge on any atom is -0.460 e. The van der Waals surface area contributed by atoms with Crippen LogP contribution < -0.4 is 0 Å². The molecule has 4 nitrogen and oxygen atoms in total. The SMILES string of the molecule is O=C(CSc1ncnc2scc(-c3ccccc3)c12)OCc1ccccc1. The van der Waals surface area contributed by atoms with Gasteiger partial charge in [-0.15, -0.1) is 11.3 Å². The van der Waals surface area contributed by atoms with Crippen molar-refractivity contribution in [2.75, 3.05) is 5.75 Å². The first-order valence-corrected chi connectivity index (χ1v) is 10.3. The minimum absolute atomic E-state index is 0.211. The molecule has 27 heavy (non-hydrogen) atoms. The van der Waals surface area contributed by atoms with Crippen LogP contribution in [0.15, 0.2) is 77.4 Å². The Labute approximate surface area is 165 Å². The zero-order valence-corrected chi connectivity index (χ0v) is 16.0. The zero-order valence-electron chi connectivity index (χ0n) is 14.4. The minimum atomic E-state index is -0.257. The van der Waals surface area contributed by atoms with E-state index < -0.39 is 0 Å². The highest BCUT2D eigenvalue weighted by Gasteiger charge is 2.15. The summed E-state index contributed by atoms with van der Waals surface area (Å²) in [6.07, 6.45) is 1.55. The molecular formula is C21H16N2O2S2. The number of hydrogen-bond acceptors (Lipinski definition) is 6. The van der Waals surface area contributed by atoms with Gasteiger partial charge in [-0.2, -0.15) is 0 Å². The van der Waals surface area contributed by atoms with E-state index in [4.69, 9.17) is 4.74 Å². The highest BCUT2D eigenvalue weighted by molar-refractivity contribution is 8.00. The van der Waals surface area contributed by atoms with E-state index >= 15 is 0 Å². The van der Waals surface area contributed by atoms with Crippen molar-refractivity contribution >= 4 is 39.3 Å². The third kappa shape index (κ3) is 4.18. The Kier molecular flexibility index (Phi) is 5.46. The molecule has 0 radical (unpaired) electrons. The molecule has 0 bridgehead atoms. The van der Waals surface area contributed by atoms with Crippen LogP contribution in [0.5, 0.6) is 0 Å². The van der Waals surface area contributed by atoms with E-state index in [9.17, 15) is 4.79 Å². The van der Waals surface area contributed by atoms with Gasteiger partial charge in [0.25, 0.3) is 0 Å². The van der Waals surface area contributed by atoms with E-state index in [1.807, 2.05) is 48.5 Å². The molecule has 0 saturated heterocycles. The van der Waals surface area contributed by atoms with Crippen molar-refractivity contribution in [1.82, 2.24) is 9.97 Å². The molecule has 0 fully saturated rings. The van der Waals surface area contributed by atoms with E-state index in [1.165, 1.54) is 11.8 Å². The van der Waals surface area contributed by atoms with E-state index in [0.29, 0.717) is 0 Å². The van der Waals surface area contributed by atoms with Crippen LogP contribution in [0.3, 0.4) is 0 Å². The smallest absolute Gasteiger partial charge is 0.316 e. The summed E-state index contributed by atoms with van der Waals surface area (Å²) in [5.41, 5.74) is 3.19. The Morgan fingerprint density at radius 1 is 1.00 bits per heavy atom. The molecule has 0 N–H and O–H groups in total. The molecular weight excluding hydrogens is 376 g/mol. The Bertz CT molecular complexity index is 1050. The Morgan fingerprint density at radius 2 is 1.74 bits per heavy atom. The summed E-state index contributed by atoms with van der Waals surface area (Å²) in [4.78, 5) is 21.8. The lowest BCUT2D eigenvalue weighted by Gasteiger charge is -2.06. The van der Waals surface area contributed by atoms with Gasteiger partial charge in [-0.25, -0.2) is 9.97 Å². The van der Waals surface area contributed by atoms with Crippen molar-refractivity contribution < 1.29 is 9.53 Å². The van der Waals surface area contributed by atoms with Crippen LogP contribution in [-0.4, -0.2) is 21.7 Å². The molecule has 0 aliphatic carbocycles. The number of esters is 1. The number of fused-ring (bicyclic) bond motifs is 1. The van der Waals surface area contributed by atoms with Gasteiger partial charge < -0.3 is 4.74 Å². The largest absolute Gasteiger partial charge is 0.460 e. The second kappa shape index (κ2) is 8.33. The zero-order chi connectivity index (χ0) is 18.5. The van der Waals surface area contributed by atoms with Crippen LogP contribution in [0.2, 0.25) is 0 Å². The number of aromatic nitrogens is 2. The second-order valence-corrected chi connectivity index (χ2v) is 7.63. The third-order valence-corrected chi connectivity index (χ3v) is 5.84. The highest BCUT2D eigenvalue weighted by atomic mass is 32.2. The molecule has 0 aliphatic heterocycles. The van der Waals surface area contributed by atoms with Crippen LogP contribution in [0, 0.1) is 0 Å². The van der Waals surface area contributed by atoms with Gasteiger partial charge >= 0.3 is 5.97 Å². The van der Waals surface area contributed by atoms with Gasteiger partial charge in [0.1, 0.15) is 22.8 Å². The maximum Gasteiger partial charge on any atom is 0.316 e. The number of rotatable bonds is 6. The quantitative estimate of drug-likeness (QED) is 0.257. The first-order chi connectivity index (χ1) is 13.3. The van der Waals surface area contributed by atoms with Gasteiger partial charge in [-0.05, 0) is 11.1 Å². The van der Waals surface area contributed by atoms with Crippen molar-refractivity contribution in [3.05, 3.63) is 77.9 Å². The van der Waals surface area contributed by atoms with Crippen molar-refractivity contribution in [3.63, 3.8) is 0 Å². The summed E-state index contributed by atoms with van der Waals surface area (Å²) in [5.74, 6) is -0.0460. The second-order valence-electron chi connectivity index (χ2n) is 5.81. The number of carbonyl (C=O) groups is 1. The summed E-state index contributed by atoms with van der Waals surface area (Å²) in [6, 6.07) is 19.8. The number of carbonyl (C=O) groups excluding carboxylic acids is 1. The average molecular weight is 393 g/mol. The maximum absolute atomic E-state index is 12.1. The van der Waals surface area contributed by atoms with Crippen LogP contribution in [0.4, 0.5) is 0 Å². The molecule has 2 aromatic heterocycles. The van der Waals surface area contributed by atoms with Gasteiger partial charge in [0.05, 0.1) is 11.1 Å². The molecule has 0 unspecified atom stereocenters. The van der Waals surface area contributed by atoms with Gasteiger partial charge in [0.2, 0.25) is 0 Å². The Morgan fingerprint density at radius 3 is 2.52 bits per heavy atom. The number of ether oxygens (including phenoxy) is 1. The van der Waals surface area contributed by atoms with Crippen molar-refractivity contribution in [3.8, 4) is 11.1 Å². The van der Waals surface area contributed by atoms with Crippen LogP contribution >= 0.6 is 23.1 Å². The molecule has 0 amide bonds. The molecule has 2 heterocycles. The van der Waals surface area contributed by atoms with E-state index in [-0.39, 0.29) is 18.3 Å². The number of thiophene rings is 1. The van der Waals surface area contributed by atoms with E-state index in [0.717, 1.165) is 31.9 Å². The molecule has 0 atom stereocenters. The predicted molar refractivity (Wildman–Crippen MR) is 110 cm³/mol. The first-order valence-electron chi connectivity index (χ1n) is 8.41. The Balaban J connectivity index is 1.49. The fourth-order valence-electron chi connectivity index (χ4n) is 2.69. The fraction of sp³-hybridized carbons (Fsp3) is 0.0952. The van der Waals surface area contributed by atoms with Gasteiger partial charge in [-0.1, -0.05) is 72.4 Å². The lowest BCUT2D eigenvalue weighted by Crippen LogP contribution is -2.07. The van der Waals surface area contributed by atoms with Crippen LogP contribution in [0.25, 0.3) is 21.3 Å². The topological polar surface area (TPSA) is 52.1 Å². The van der Waals surface area contributed by atoms with Crippen LogP contribution in [-0.2, 0) is 16.1 Å². The maximum atomic E-state index is 12.1. The molecule has 0 spiro atoms. The number of nitrogens with zero attached hydrogens (tertiary/aromatic N) is 2. The molecule has 0 aliphatic rings. The highest BCUT2D eigenvalue weighted by Crippen LogP contribution is 2.37. The molecule has 6 heteroatoms. The summed E-state index contributed by atoms with van der Waals surface area (Å²) < 4.78 is 5.36. The monoisotopic (exact) mass is 392 g/mol. The van der Waals surface area contributed by atoms with Crippen molar-refractivity contribution in [2.45, 2.75) is 11.6 Å². The van der Waals surface area contributed by atoms with Gasteiger partial charge in [0.15, 0.2) is 0 Å². The normalized spacial score (nSPS) is 10.8. The molecule has 4 rings (SSSR count). The predicted octanol–water partition coefficient (Wildman–Crippen LogP) is 5.19. The lowest BCUT2D eigenvalue weighted by atomic mass is 10.1. The van der Waals surface area contributed by atoms with Crippen molar-refractivity contribution in [2.24, 2.45) is 0 Å². The van der Waals surface area contributed by atoms with Crippen molar-refractivity contribution in [1.29, 1.82) is 0 Å². The number of benzene rings is 2. The fourth-order valence-corrected chi connectivity index (χ4v) is 4.49. The molecule has 4 aromatic rings. The third-order valence-electron chi connectivity index (χ3n) is 3.99. The molecule has 2 aromatic carbocycles. The summed E-state index contributed by atoms with van der Waals surface area (Å²) >= 11 is 2.97. The number of hydrogen-bond donors (Lipinski definition) is 0. The standard InChI is InChI=1S/C21H16N2O2S2/c24-18(25-11-15-7-3-1-4-8-15)13-27-21-19-17(16-9-5-2-6-10-16)12-26-20(19)22-14-23-21/h1-10,12,14H,11,13H2. The number of thioether (sulfide) groups is 1. The van der Waals surface area contributed by atoms with Gasteiger partial charge in [-0.3, -0.25) is 4.79 Å². The summed E-state index contributed by atoms with van der Waals surface area (Å²) in [6.45, 7) is 0.285. The first kappa shape index (κ1) is 17.7. The Hall–Kier alpha value is -2.70. The van der Waals surface area contributed by atoms with Gasteiger partial charge in [0, 0.05) is 10.9 Å². The van der Waals surface area contributed by atoms with E-state index in [2.05, 4.69) is 27.5 Å². The molecule has 0 saturated carbocycles. The van der Waals surface area contributed by atoms with E-state index in [1.54, 1.807) is 17.7 Å². The average Bonchev–Trinajstić information content (AvgIpc) is 3.17. The lowest BCUT2D eigenvalue weighted by molar-refractivity contribution is -0.141. The summed E-state index contributed by atoms with van der Waals surface area (Å²) in [7, 11) is 0. The summed E-state index contributed by atoms with van der Waals surface area (Å²) in [5, 5.41) is 3.89. The van der Waals surface area contributed by atoms with Crippen LogP contribution in [0.1, 0.15) is 5.56 Å².